The molecule has 0 aliphatic carbocycles. The number of thiol groups is 1. The van der Waals surface area contributed by atoms with Gasteiger partial charge in [-0.25, -0.2) is 9.44 Å². The van der Waals surface area contributed by atoms with Crippen LogP contribution in [0, 0.1) is 0 Å². The minimum absolute atomic E-state index is 0. The first-order chi connectivity index (χ1) is 3.67. The van der Waals surface area contributed by atoms with Crippen LogP contribution in [0.3, 0.4) is 0 Å². The van der Waals surface area contributed by atoms with Gasteiger partial charge in [0.1, 0.15) is 0 Å². The Hall–Kier alpha value is 2.14. The Labute approximate surface area is 106 Å². The molecule has 1 unspecified atom stereocenters. The second-order valence-electron chi connectivity index (χ2n) is 3.77. The summed E-state index contributed by atoms with van der Waals surface area (Å²) in [6.45, 7) is 0. The van der Waals surface area contributed by atoms with Gasteiger partial charge in [-0.1, -0.05) is 0 Å². The van der Waals surface area contributed by atoms with Crippen LogP contribution in [0.1, 0.15) is 0 Å². The molecule has 1 atom stereocenters. The van der Waals surface area contributed by atoms with Crippen molar-refractivity contribution in [1.29, 1.82) is 0 Å². The van der Waals surface area contributed by atoms with Crippen molar-refractivity contribution in [3.05, 3.63) is 0 Å². The van der Waals surface area contributed by atoms with Crippen molar-refractivity contribution in [2.24, 2.45) is 0 Å². The van der Waals surface area contributed by atoms with Crippen LogP contribution in [-0.2, 0) is 8.54 Å². The Kier molecular flexibility index (Phi) is 6.44. The fraction of sp³-hybridized carbons (Fsp3) is 1.00. The fourth-order valence-corrected chi connectivity index (χ4v) is 2.81. The number of hydrogen-bond donors (Lipinski definition) is 2. The first-order valence-electron chi connectivity index (χ1n) is 2.60. The third-order valence-electron chi connectivity index (χ3n) is 0.443. The predicted molar refractivity (Wildman–Crippen MR) is 52.1 cm³/mol. The standard InChI is InChI=1S/C4H15O3PS.K.H/c1-9(2,3,4)7-8(5)6;;/h8-9H,1-4H3,(H,5,6);;. The normalized spacial score (nSPS) is 18.3. The number of rotatable bonds is 2. The van der Waals surface area contributed by atoms with E-state index in [2.05, 4.69) is 0 Å². The van der Waals surface area contributed by atoms with E-state index >= 15 is 0 Å². The van der Waals surface area contributed by atoms with Crippen molar-refractivity contribution in [1.82, 2.24) is 0 Å². The van der Waals surface area contributed by atoms with Crippen LogP contribution < -0.4 is 0 Å². The van der Waals surface area contributed by atoms with Gasteiger partial charge in [-0.3, -0.25) is 8.54 Å². The molecule has 10 heavy (non-hydrogen) atoms. The van der Waals surface area contributed by atoms with Crippen LogP contribution >= 0.6 is 17.7 Å². The Morgan fingerprint density at radius 1 is 1.30 bits per heavy atom. The molecule has 3 nitrogen and oxygen atoms in total. The number of hydrogen-bond acceptors (Lipinski definition) is 2. The van der Waals surface area contributed by atoms with E-state index in [4.69, 9.17) is 8.86 Å². The Morgan fingerprint density at radius 3 is 1.60 bits per heavy atom. The maximum atomic E-state index is 10.2. The second kappa shape index (κ2) is 4.39. The zero-order valence-corrected chi connectivity index (χ0v) is 8.11. The van der Waals surface area contributed by atoms with Crippen LogP contribution in [0.15, 0.2) is 0 Å². The summed E-state index contributed by atoms with van der Waals surface area (Å²) >= 11 is 0. The summed E-state index contributed by atoms with van der Waals surface area (Å²) in [7, 11) is -4.93. The monoisotopic (exact) mass is 214 g/mol. The molecule has 0 saturated heterocycles. The molecule has 0 aromatic carbocycles. The molecule has 0 bridgehead atoms. The van der Waals surface area contributed by atoms with Gasteiger partial charge >= 0.3 is 59.6 Å². The summed E-state index contributed by atoms with van der Waals surface area (Å²) in [6.07, 6.45) is 7.52. The molecular weight excluding hydrogens is 198 g/mol. The van der Waals surface area contributed by atoms with Gasteiger partial charge in [0, 0.05) is 0 Å². The average Bonchev–Trinajstić information content (AvgIpc) is 1.16. The first kappa shape index (κ1) is 14.6. The third kappa shape index (κ3) is 12.8. The molecule has 0 amide bonds. The summed E-state index contributed by atoms with van der Waals surface area (Å²) < 4.78 is 15.1. The molecule has 62 valence electrons. The zero-order chi connectivity index (χ0) is 7.73. The predicted octanol–water partition coefficient (Wildman–Crippen LogP) is 0.243. The average molecular weight is 214 g/mol. The van der Waals surface area contributed by atoms with E-state index in [0.29, 0.717) is 0 Å². The summed E-state index contributed by atoms with van der Waals surface area (Å²) in [5, 5.41) is 0. The van der Waals surface area contributed by atoms with Gasteiger partial charge in [0.15, 0.2) is 0 Å². The quantitative estimate of drug-likeness (QED) is 0.393. The van der Waals surface area contributed by atoms with Crippen LogP contribution in [0.4, 0.5) is 0 Å². The Bertz CT molecular complexity index is 132. The summed E-state index contributed by atoms with van der Waals surface area (Å²) in [5.74, 6) is 0. The van der Waals surface area contributed by atoms with Gasteiger partial charge in [-0.05, 0) is 25.0 Å². The molecule has 0 aromatic rings. The molecule has 0 fully saturated rings. The Balaban J connectivity index is 0. The van der Waals surface area contributed by atoms with Gasteiger partial charge in [-0.15, -0.1) is 0 Å². The van der Waals surface area contributed by atoms with E-state index in [0.717, 1.165) is 0 Å². The second-order valence-corrected chi connectivity index (χ2v) is 11.9. The molecule has 1 N–H and O–H groups in total. The fourth-order valence-electron chi connectivity index (χ4n) is 0.312. The van der Waals surface area contributed by atoms with E-state index in [1.807, 2.05) is 25.0 Å². The SMILES string of the molecule is C[SH](C)(C)(C)O[PH](=O)O.[KH]. The third-order valence-corrected chi connectivity index (χ3v) is 3.99. The zero-order valence-electron chi connectivity index (χ0n) is 6.21. The van der Waals surface area contributed by atoms with Gasteiger partial charge < -0.3 is 4.89 Å². The van der Waals surface area contributed by atoms with E-state index in [-0.39, 0.29) is 51.4 Å². The summed E-state index contributed by atoms with van der Waals surface area (Å²) in [6, 6.07) is 0. The molecule has 6 heteroatoms. The maximum absolute atomic E-state index is 10.2. The first-order valence-corrected chi connectivity index (χ1v) is 7.81. The van der Waals surface area contributed by atoms with Crippen molar-refractivity contribution in [2.75, 3.05) is 25.0 Å². The minimum atomic E-state index is -2.74. The van der Waals surface area contributed by atoms with Crippen LogP contribution in [0.5, 0.6) is 0 Å². The van der Waals surface area contributed by atoms with E-state index in [9.17, 15) is 4.57 Å². The molecule has 0 heterocycles. The summed E-state index contributed by atoms with van der Waals surface area (Å²) in [5.41, 5.74) is 0. The van der Waals surface area contributed by atoms with Crippen molar-refractivity contribution in [3.63, 3.8) is 0 Å². The molecule has 0 radical (unpaired) electrons. The van der Waals surface area contributed by atoms with Gasteiger partial charge in [0.2, 0.25) is 0 Å². The van der Waals surface area contributed by atoms with E-state index in [1.54, 1.807) is 0 Å². The van der Waals surface area contributed by atoms with Gasteiger partial charge in [-0.2, -0.15) is 0 Å². The molecule has 0 saturated carbocycles. The van der Waals surface area contributed by atoms with Gasteiger partial charge in [0.05, 0.1) is 0 Å². The molecule has 0 aliphatic heterocycles. The molecular formula is C4H16KO3PS. The summed E-state index contributed by atoms with van der Waals surface area (Å²) in [4.78, 5) is 8.41. The van der Waals surface area contributed by atoms with Crippen LogP contribution in [0.25, 0.3) is 0 Å². The topological polar surface area (TPSA) is 46.5 Å². The van der Waals surface area contributed by atoms with Crippen molar-refractivity contribution in [2.45, 2.75) is 0 Å². The van der Waals surface area contributed by atoms with Crippen molar-refractivity contribution < 1.29 is 13.4 Å². The van der Waals surface area contributed by atoms with E-state index < -0.39 is 17.7 Å². The molecule has 0 spiro atoms. The molecule has 0 rings (SSSR count). The van der Waals surface area contributed by atoms with Crippen LogP contribution in [0.2, 0.25) is 0 Å². The van der Waals surface area contributed by atoms with Crippen molar-refractivity contribution in [3.8, 4) is 0 Å². The van der Waals surface area contributed by atoms with Crippen molar-refractivity contribution >= 4 is 69.1 Å². The molecule has 0 aromatic heterocycles. The van der Waals surface area contributed by atoms with Crippen LogP contribution in [-0.4, -0.2) is 81.3 Å². The van der Waals surface area contributed by atoms with Gasteiger partial charge in [0.25, 0.3) is 0 Å². The van der Waals surface area contributed by atoms with E-state index in [1.165, 1.54) is 0 Å². The Morgan fingerprint density at radius 2 is 1.60 bits per heavy atom. The molecule has 0 aliphatic rings.